The highest BCUT2D eigenvalue weighted by atomic mass is 16.5. The minimum atomic E-state index is 0.543. The van der Waals surface area contributed by atoms with Crippen molar-refractivity contribution in [2.45, 2.75) is 6.54 Å². The fourth-order valence-corrected chi connectivity index (χ4v) is 2.23. The van der Waals surface area contributed by atoms with Crippen LogP contribution >= 0.6 is 0 Å². The first kappa shape index (κ1) is 17.6. The van der Waals surface area contributed by atoms with Gasteiger partial charge in [-0.2, -0.15) is 0 Å². The lowest BCUT2D eigenvalue weighted by Crippen LogP contribution is -2.40. The van der Waals surface area contributed by atoms with Crippen LogP contribution in [0.4, 0.5) is 0 Å². The molecular formula is C18H24N4O2. The van der Waals surface area contributed by atoms with Crippen molar-refractivity contribution in [1.82, 2.24) is 15.2 Å². The molecule has 0 spiro atoms. The van der Waals surface area contributed by atoms with Gasteiger partial charge in [-0.3, -0.25) is 9.98 Å². The van der Waals surface area contributed by atoms with Gasteiger partial charge in [0.05, 0.1) is 19.9 Å². The highest BCUT2D eigenvalue weighted by Crippen LogP contribution is 2.12. The number of nitrogens with zero attached hydrogens (tertiary/aromatic N) is 3. The minimum absolute atomic E-state index is 0.543. The molecule has 2 aromatic rings. The number of aliphatic imine (C=N–C) groups is 1. The molecule has 6 nitrogen and oxygen atoms in total. The van der Waals surface area contributed by atoms with Crippen LogP contribution in [0.15, 0.2) is 53.8 Å². The summed E-state index contributed by atoms with van der Waals surface area (Å²) in [6, 6.07) is 11.8. The molecule has 24 heavy (non-hydrogen) atoms. The third-order valence-electron chi connectivity index (χ3n) is 3.44. The van der Waals surface area contributed by atoms with E-state index in [2.05, 4.69) is 20.2 Å². The van der Waals surface area contributed by atoms with E-state index < -0.39 is 0 Å². The maximum Gasteiger partial charge on any atom is 0.193 e. The second-order valence-electron chi connectivity index (χ2n) is 5.22. The number of nitrogens with one attached hydrogen (secondary N) is 1. The van der Waals surface area contributed by atoms with Gasteiger partial charge in [-0.1, -0.05) is 12.1 Å². The maximum absolute atomic E-state index is 5.61. The number of hydrogen-bond acceptors (Lipinski definition) is 4. The molecule has 0 aliphatic heterocycles. The van der Waals surface area contributed by atoms with Crippen LogP contribution in [-0.4, -0.2) is 50.2 Å². The summed E-state index contributed by atoms with van der Waals surface area (Å²) >= 11 is 0. The molecule has 0 aliphatic rings. The Bertz CT molecular complexity index is 629. The number of hydrogen-bond donors (Lipinski definition) is 1. The van der Waals surface area contributed by atoms with E-state index in [9.17, 15) is 0 Å². The second kappa shape index (κ2) is 9.39. The number of methoxy groups -OCH3 is 1. The average Bonchev–Trinajstić information content (AvgIpc) is 2.63. The zero-order chi connectivity index (χ0) is 17.2. The summed E-state index contributed by atoms with van der Waals surface area (Å²) in [4.78, 5) is 10.4. The molecule has 0 bridgehead atoms. The molecule has 0 saturated carbocycles. The highest BCUT2D eigenvalue weighted by molar-refractivity contribution is 5.79. The van der Waals surface area contributed by atoms with Crippen molar-refractivity contribution in [3.8, 4) is 11.5 Å². The van der Waals surface area contributed by atoms with Gasteiger partial charge in [-0.25, -0.2) is 0 Å². The van der Waals surface area contributed by atoms with Gasteiger partial charge in [0.1, 0.15) is 18.1 Å². The standard InChI is InChI=1S/C18H24N4O2/c1-19-18(21-11-12-24-17-5-4-10-20-13-17)22(2)14-15-6-8-16(23-3)9-7-15/h4-10,13H,11-12,14H2,1-3H3,(H,19,21). The Kier molecular flexibility index (Phi) is 6.89. The van der Waals surface area contributed by atoms with Gasteiger partial charge in [-0.05, 0) is 29.8 Å². The van der Waals surface area contributed by atoms with Gasteiger partial charge in [0, 0.05) is 26.8 Å². The molecule has 0 saturated heterocycles. The summed E-state index contributed by atoms with van der Waals surface area (Å²) in [5, 5.41) is 3.29. The van der Waals surface area contributed by atoms with Crippen LogP contribution in [0.5, 0.6) is 11.5 Å². The molecule has 1 N–H and O–H groups in total. The van der Waals surface area contributed by atoms with Crippen molar-refractivity contribution < 1.29 is 9.47 Å². The molecule has 1 aromatic carbocycles. The van der Waals surface area contributed by atoms with Gasteiger partial charge < -0.3 is 19.7 Å². The smallest absolute Gasteiger partial charge is 0.193 e. The molecule has 0 aliphatic carbocycles. The van der Waals surface area contributed by atoms with E-state index in [0.29, 0.717) is 13.2 Å². The summed E-state index contributed by atoms with van der Waals surface area (Å²) in [5.41, 5.74) is 1.19. The summed E-state index contributed by atoms with van der Waals surface area (Å²) in [6.45, 7) is 1.96. The molecule has 0 amide bonds. The number of rotatable bonds is 7. The lowest BCUT2D eigenvalue weighted by molar-refractivity contribution is 0.318. The van der Waals surface area contributed by atoms with Crippen LogP contribution in [0.1, 0.15) is 5.56 Å². The average molecular weight is 328 g/mol. The third-order valence-corrected chi connectivity index (χ3v) is 3.44. The Balaban J connectivity index is 1.77. The van der Waals surface area contributed by atoms with Crippen LogP contribution in [0, 0.1) is 0 Å². The van der Waals surface area contributed by atoms with E-state index in [1.807, 2.05) is 43.4 Å². The minimum Gasteiger partial charge on any atom is -0.497 e. The van der Waals surface area contributed by atoms with Crippen LogP contribution in [0.3, 0.4) is 0 Å². The van der Waals surface area contributed by atoms with E-state index in [1.54, 1.807) is 26.6 Å². The molecule has 2 rings (SSSR count). The Hall–Kier alpha value is -2.76. The van der Waals surface area contributed by atoms with Gasteiger partial charge in [-0.15, -0.1) is 0 Å². The normalized spacial score (nSPS) is 11.0. The monoisotopic (exact) mass is 328 g/mol. The van der Waals surface area contributed by atoms with Crippen molar-refractivity contribution in [1.29, 1.82) is 0 Å². The predicted octanol–water partition coefficient (Wildman–Crippen LogP) is 2.18. The van der Waals surface area contributed by atoms with Crippen LogP contribution in [0.2, 0.25) is 0 Å². The second-order valence-corrected chi connectivity index (χ2v) is 5.22. The largest absolute Gasteiger partial charge is 0.497 e. The van der Waals surface area contributed by atoms with Crippen LogP contribution in [0.25, 0.3) is 0 Å². The first-order valence-corrected chi connectivity index (χ1v) is 7.80. The Labute approximate surface area is 143 Å². The molecule has 0 atom stereocenters. The summed E-state index contributed by atoms with van der Waals surface area (Å²) in [7, 11) is 5.44. The van der Waals surface area contributed by atoms with E-state index in [-0.39, 0.29) is 0 Å². The number of guanidine groups is 1. The molecule has 6 heteroatoms. The first-order chi connectivity index (χ1) is 11.7. The number of pyridine rings is 1. The Morgan fingerprint density at radius 1 is 1.21 bits per heavy atom. The van der Waals surface area contributed by atoms with Gasteiger partial charge in [0.25, 0.3) is 0 Å². The lowest BCUT2D eigenvalue weighted by Gasteiger charge is -2.22. The highest BCUT2D eigenvalue weighted by Gasteiger charge is 2.06. The van der Waals surface area contributed by atoms with E-state index in [0.717, 1.165) is 24.0 Å². The SMILES string of the molecule is CN=C(NCCOc1cccnc1)N(C)Cc1ccc(OC)cc1. The van der Waals surface area contributed by atoms with Crippen molar-refractivity contribution in [3.63, 3.8) is 0 Å². The van der Waals surface area contributed by atoms with Crippen LogP contribution < -0.4 is 14.8 Å². The Morgan fingerprint density at radius 2 is 2.00 bits per heavy atom. The van der Waals surface area contributed by atoms with E-state index >= 15 is 0 Å². The summed E-state index contributed by atoms with van der Waals surface area (Å²) < 4.78 is 10.8. The van der Waals surface area contributed by atoms with Gasteiger partial charge in [0.15, 0.2) is 5.96 Å². The number of ether oxygens (including phenoxy) is 2. The molecule has 0 fully saturated rings. The van der Waals surface area contributed by atoms with Gasteiger partial charge in [0.2, 0.25) is 0 Å². The third kappa shape index (κ3) is 5.46. The van der Waals surface area contributed by atoms with Crippen molar-refractivity contribution in [2.75, 3.05) is 34.4 Å². The van der Waals surface area contributed by atoms with E-state index in [4.69, 9.17) is 9.47 Å². The van der Waals surface area contributed by atoms with Crippen molar-refractivity contribution in [3.05, 3.63) is 54.4 Å². The zero-order valence-corrected chi connectivity index (χ0v) is 14.4. The van der Waals surface area contributed by atoms with Crippen LogP contribution in [-0.2, 0) is 6.54 Å². The molecule has 0 unspecified atom stereocenters. The molecular weight excluding hydrogens is 304 g/mol. The predicted molar refractivity (Wildman–Crippen MR) is 95.6 cm³/mol. The first-order valence-electron chi connectivity index (χ1n) is 7.80. The van der Waals surface area contributed by atoms with Crippen molar-refractivity contribution in [2.24, 2.45) is 4.99 Å². The van der Waals surface area contributed by atoms with Crippen molar-refractivity contribution >= 4 is 5.96 Å². The Morgan fingerprint density at radius 3 is 2.62 bits per heavy atom. The quantitative estimate of drug-likeness (QED) is 0.479. The zero-order valence-electron chi connectivity index (χ0n) is 14.4. The fraction of sp³-hybridized carbons (Fsp3) is 0.333. The van der Waals surface area contributed by atoms with E-state index in [1.165, 1.54) is 5.56 Å². The topological polar surface area (TPSA) is 59.0 Å². The molecule has 1 heterocycles. The molecule has 0 radical (unpaired) electrons. The summed E-state index contributed by atoms with van der Waals surface area (Å²) in [6.07, 6.45) is 3.42. The number of aromatic nitrogens is 1. The maximum atomic E-state index is 5.61. The summed E-state index contributed by atoms with van der Waals surface area (Å²) in [5.74, 6) is 2.44. The lowest BCUT2D eigenvalue weighted by atomic mass is 10.2. The molecule has 128 valence electrons. The fourth-order valence-electron chi connectivity index (χ4n) is 2.23. The van der Waals surface area contributed by atoms with Gasteiger partial charge >= 0.3 is 0 Å². The number of benzene rings is 1. The molecule has 1 aromatic heterocycles.